The van der Waals surface area contributed by atoms with E-state index in [1.165, 1.54) is 27.5 Å². The van der Waals surface area contributed by atoms with Crippen LogP contribution in [0.25, 0.3) is 21.9 Å². The molecular formula is C16H13Gd-. The maximum atomic E-state index is 2.28. The molecule has 3 rings (SSSR count). The van der Waals surface area contributed by atoms with Gasteiger partial charge in [0.25, 0.3) is 0 Å². The molecule has 86 valence electrons. The monoisotopic (exact) mass is 363 g/mol. The normalized spacial score (nSPS) is 10.2. The molecule has 3 aromatic rings. The Bertz CT molecular complexity index is 620. The zero-order chi connectivity index (χ0) is 11.0. The fourth-order valence-electron chi connectivity index (χ4n) is 2.29. The Morgan fingerprint density at radius 2 is 1.47 bits per heavy atom. The summed E-state index contributed by atoms with van der Waals surface area (Å²) in [5, 5.41) is 2.69. The van der Waals surface area contributed by atoms with Gasteiger partial charge in [0.05, 0.1) is 0 Å². The third-order valence-electron chi connectivity index (χ3n) is 3.15. The first-order valence-corrected chi connectivity index (χ1v) is 5.57. The average molecular weight is 363 g/mol. The Morgan fingerprint density at radius 1 is 0.824 bits per heavy atom. The van der Waals surface area contributed by atoms with E-state index in [1.54, 1.807) is 0 Å². The van der Waals surface area contributed by atoms with Crippen LogP contribution in [0.3, 0.4) is 0 Å². The van der Waals surface area contributed by atoms with Crippen molar-refractivity contribution in [3.63, 3.8) is 0 Å². The van der Waals surface area contributed by atoms with Crippen LogP contribution in [0.5, 0.6) is 0 Å². The van der Waals surface area contributed by atoms with Crippen LogP contribution in [0.15, 0.2) is 60.7 Å². The molecule has 0 N–H and O–H groups in total. The van der Waals surface area contributed by atoms with Crippen molar-refractivity contribution in [2.24, 2.45) is 0 Å². The Balaban J connectivity index is 0.00000108. The summed E-state index contributed by atoms with van der Waals surface area (Å²) in [6, 6.07) is 21.4. The van der Waals surface area contributed by atoms with Crippen LogP contribution in [0.1, 0.15) is 5.56 Å². The molecule has 0 nitrogen and oxygen atoms in total. The van der Waals surface area contributed by atoms with Crippen molar-refractivity contribution in [2.45, 2.75) is 6.92 Å². The van der Waals surface area contributed by atoms with Crippen molar-refractivity contribution < 1.29 is 39.9 Å². The molecule has 0 saturated heterocycles. The summed E-state index contributed by atoms with van der Waals surface area (Å²) in [5.41, 5.74) is 4.03. The van der Waals surface area contributed by atoms with E-state index in [2.05, 4.69) is 67.6 Å². The largest absolute Gasteiger partial charge is 0.144 e. The maximum absolute atomic E-state index is 2.28. The van der Waals surface area contributed by atoms with Gasteiger partial charge < -0.3 is 0 Å². The minimum absolute atomic E-state index is 0. The van der Waals surface area contributed by atoms with E-state index in [4.69, 9.17) is 0 Å². The number of fused-ring (bicyclic) bond motifs is 1. The van der Waals surface area contributed by atoms with Gasteiger partial charge in [-0.25, -0.2) is 0 Å². The van der Waals surface area contributed by atoms with Gasteiger partial charge in [0, 0.05) is 39.9 Å². The molecule has 0 saturated carbocycles. The van der Waals surface area contributed by atoms with Gasteiger partial charge in [-0.3, -0.25) is 0 Å². The first kappa shape index (κ1) is 12.8. The third kappa shape index (κ3) is 2.33. The molecule has 17 heavy (non-hydrogen) atoms. The van der Waals surface area contributed by atoms with Crippen LogP contribution in [0, 0.1) is 46.9 Å². The molecule has 0 aromatic heterocycles. The molecule has 0 unspecified atom stereocenters. The molecule has 1 heteroatoms. The summed E-state index contributed by atoms with van der Waals surface area (Å²) in [7, 11) is 0. The minimum Gasteiger partial charge on any atom is -0.144 e. The molecule has 0 spiro atoms. The van der Waals surface area contributed by atoms with Crippen LogP contribution in [0.2, 0.25) is 0 Å². The second-order valence-electron chi connectivity index (χ2n) is 4.14. The van der Waals surface area contributed by atoms with Gasteiger partial charge >= 0.3 is 0 Å². The van der Waals surface area contributed by atoms with E-state index < -0.39 is 0 Å². The van der Waals surface area contributed by atoms with E-state index in [-0.39, 0.29) is 39.9 Å². The number of rotatable bonds is 1. The van der Waals surface area contributed by atoms with Gasteiger partial charge in [0.2, 0.25) is 0 Å². The molecule has 0 atom stereocenters. The Labute approximate surface area is 134 Å². The molecule has 0 bridgehead atoms. The molecular weight excluding hydrogens is 349 g/mol. The van der Waals surface area contributed by atoms with Crippen LogP contribution in [-0.4, -0.2) is 0 Å². The Morgan fingerprint density at radius 3 is 2.18 bits per heavy atom. The predicted octanol–water partition coefficient (Wildman–Crippen LogP) is 4.53. The topological polar surface area (TPSA) is 0 Å². The predicted molar refractivity (Wildman–Crippen MR) is 69.7 cm³/mol. The van der Waals surface area contributed by atoms with Crippen molar-refractivity contribution in [3.8, 4) is 11.1 Å². The fourth-order valence-corrected chi connectivity index (χ4v) is 2.29. The van der Waals surface area contributed by atoms with Gasteiger partial charge in [0.1, 0.15) is 0 Å². The standard InChI is InChI=1S/C16H13.Gd/c1-12-15-10-6-5-9-14(15)11-16(12)13-7-3-2-4-8-13;/h2-11H,1H3;/q-1;. The zero-order valence-corrected chi connectivity index (χ0v) is 11.9. The molecule has 0 heterocycles. The first-order chi connectivity index (χ1) is 7.86. The maximum Gasteiger partial charge on any atom is 0 e. The Kier molecular flexibility index (Phi) is 4.03. The van der Waals surface area contributed by atoms with E-state index in [1.807, 2.05) is 0 Å². The number of hydrogen-bond donors (Lipinski definition) is 0. The van der Waals surface area contributed by atoms with Gasteiger partial charge in [-0.05, 0) is 0 Å². The second-order valence-corrected chi connectivity index (χ2v) is 4.14. The molecule has 0 aliphatic rings. The van der Waals surface area contributed by atoms with Gasteiger partial charge in [-0.1, -0.05) is 61.0 Å². The van der Waals surface area contributed by atoms with E-state index in [0.717, 1.165) is 0 Å². The summed E-state index contributed by atoms with van der Waals surface area (Å²) in [5.74, 6) is 0. The second kappa shape index (κ2) is 5.35. The summed E-state index contributed by atoms with van der Waals surface area (Å²) >= 11 is 0. The van der Waals surface area contributed by atoms with Gasteiger partial charge in [-0.15, -0.1) is 34.0 Å². The third-order valence-corrected chi connectivity index (χ3v) is 3.15. The van der Waals surface area contributed by atoms with Crippen molar-refractivity contribution >= 4 is 10.8 Å². The van der Waals surface area contributed by atoms with Crippen molar-refractivity contribution in [3.05, 3.63) is 66.2 Å². The zero-order valence-electron chi connectivity index (χ0n) is 9.63. The molecule has 0 radical (unpaired) electrons. The van der Waals surface area contributed by atoms with Crippen LogP contribution in [0.4, 0.5) is 0 Å². The van der Waals surface area contributed by atoms with Gasteiger partial charge in [0.15, 0.2) is 0 Å². The minimum atomic E-state index is 0. The van der Waals surface area contributed by atoms with E-state index in [9.17, 15) is 0 Å². The average Bonchev–Trinajstić information content (AvgIpc) is 2.69. The van der Waals surface area contributed by atoms with Crippen molar-refractivity contribution in [2.75, 3.05) is 0 Å². The SMILES string of the molecule is C[c-]1c(-c2ccccc2)cc2ccccc21.[Gd]. The quantitative estimate of drug-likeness (QED) is 0.558. The van der Waals surface area contributed by atoms with Gasteiger partial charge in [-0.2, -0.15) is 0 Å². The van der Waals surface area contributed by atoms with Crippen molar-refractivity contribution in [1.29, 1.82) is 0 Å². The summed E-state index contributed by atoms with van der Waals surface area (Å²) < 4.78 is 0. The summed E-state index contributed by atoms with van der Waals surface area (Å²) in [4.78, 5) is 0. The first-order valence-electron chi connectivity index (χ1n) is 5.57. The molecule has 0 amide bonds. The van der Waals surface area contributed by atoms with Crippen LogP contribution in [-0.2, 0) is 0 Å². The van der Waals surface area contributed by atoms with Crippen LogP contribution < -0.4 is 0 Å². The van der Waals surface area contributed by atoms with E-state index in [0.29, 0.717) is 0 Å². The number of benzene rings is 2. The summed E-state index contributed by atoms with van der Waals surface area (Å²) in [6.45, 7) is 2.20. The molecule has 0 aliphatic heterocycles. The number of hydrogen-bond acceptors (Lipinski definition) is 0. The molecule has 3 aromatic carbocycles. The Hall–Kier alpha value is -0.625. The van der Waals surface area contributed by atoms with Crippen LogP contribution >= 0.6 is 0 Å². The molecule has 0 fully saturated rings. The smallest absolute Gasteiger partial charge is 0 e. The van der Waals surface area contributed by atoms with E-state index >= 15 is 0 Å². The van der Waals surface area contributed by atoms with Crippen molar-refractivity contribution in [1.82, 2.24) is 0 Å². The fraction of sp³-hybridized carbons (Fsp3) is 0.0625. The summed E-state index contributed by atoms with van der Waals surface area (Å²) in [6.07, 6.45) is 0. The molecule has 0 aliphatic carbocycles. The number of aryl methyl sites for hydroxylation is 1.